The third kappa shape index (κ3) is 2.72. The number of fused-ring (bicyclic) bond motifs is 3. The van der Waals surface area contributed by atoms with Crippen LogP contribution in [-0.2, 0) is 4.74 Å². The smallest absolute Gasteiger partial charge is 0.200 e. The quantitative estimate of drug-likeness (QED) is 0.836. The molecule has 0 aliphatic carbocycles. The van der Waals surface area contributed by atoms with Crippen molar-refractivity contribution in [1.82, 2.24) is 4.90 Å². The Bertz CT molecular complexity index is 447. The highest BCUT2D eigenvalue weighted by atomic mass is 19.2. The predicted octanol–water partition coefficient (Wildman–Crippen LogP) is 2.21. The Balaban J connectivity index is 1.52. The molecule has 4 rings (SSSR count). The van der Waals surface area contributed by atoms with E-state index in [9.17, 15) is 8.78 Å². The summed E-state index contributed by atoms with van der Waals surface area (Å²) in [5, 5.41) is 0. The second-order valence-electron chi connectivity index (χ2n) is 5.08. The molecular weight excluding hydrogens is 252 g/mol. The van der Waals surface area contributed by atoms with Gasteiger partial charge in [-0.15, -0.1) is 0 Å². The lowest BCUT2D eigenvalue weighted by Gasteiger charge is -2.44. The van der Waals surface area contributed by atoms with Gasteiger partial charge in [-0.3, -0.25) is 4.90 Å². The zero-order chi connectivity index (χ0) is 13.2. The third-order valence-electron chi connectivity index (χ3n) is 3.85. The molecule has 0 N–H and O–H groups in total. The topological polar surface area (TPSA) is 21.7 Å². The highest BCUT2D eigenvalue weighted by molar-refractivity contribution is 5.24. The van der Waals surface area contributed by atoms with Gasteiger partial charge >= 0.3 is 0 Å². The maximum absolute atomic E-state index is 13.4. The Morgan fingerprint density at radius 3 is 2.89 bits per heavy atom. The molecule has 104 valence electrons. The van der Waals surface area contributed by atoms with Crippen molar-refractivity contribution in [2.24, 2.45) is 0 Å². The lowest BCUT2D eigenvalue weighted by molar-refractivity contribution is -0.107. The highest BCUT2D eigenvalue weighted by Gasteiger charge is 2.34. The minimum Gasteiger partial charge on any atom is -0.489 e. The first-order valence-electron chi connectivity index (χ1n) is 6.66. The van der Waals surface area contributed by atoms with E-state index in [1.807, 2.05) is 0 Å². The summed E-state index contributed by atoms with van der Waals surface area (Å²) in [5.74, 6) is -1.80. The van der Waals surface area contributed by atoms with Gasteiger partial charge in [-0.05, 0) is 25.0 Å². The molecule has 2 bridgehead atoms. The summed E-state index contributed by atoms with van der Waals surface area (Å²) in [7, 11) is 0. The van der Waals surface area contributed by atoms with Crippen LogP contribution in [0.25, 0.3) is 0 Å². The molecule has 3 saturated heterocycles. The summed E-state index contributed by atoms with van der Waals surface area (Å²) in [6, 6.07) is 4.43. The number of hydrogen-bond donors (Lipinski definition) is 0. The molecule has 1 aromatic rings. The molecule has 5 heteroatoms. The van der Waals surface area contributed by atoms with Gasteiger partial charge < -0.3 is 9.47 Å². The second-order valence-corrected chi connectivity index (χ2v) is 5.08. The fourth-order valence-electron chi connectivity index (χ4n) is 2.78. The zero-order valence-electron chi connectivity index (χ0n) is 10.6. The van der Waals surface area contributed by atoms with Gasteiger partial charge in [-0.25, -0.2) is 4.39 Å². The van der Waals surface area contributed by atoms with Crippen molar-refractivity contribution in [3.63, 3.8) is 0 Å². The van der Waals surface area contributed by atoms with Crippen LogP contribution in [0.3, 0.4) is 0 Å². The van der Waals surface area contributed by atoms with Gasteiger partial charge in [0.05, 0.1) is 12.7 Å². The predicted molar refractivity (Wildman–Crippen MR) is 66.2 cm³/mol. The minimum absolute atomic E-state index is 0.0154. The van der Waals surface area contributed by atoms with Crippen molar-refractivity contribution in [1.29, 1.82) is 0 Å². The average molecular weight is 269 g/mol. The molecule has 1 aromatic carbocycles. The number of rotatable bonds is 4. The van der Waals surface area contributed by atoms with E-state index in [2.05, 4.69) is 4.90 Å². The van der Waals surface area contributed by atoms with Crippen molar-refractivity contribution >= 4 is 0 Å². The monoisotopic (exact) mass is 269 g/mol. The van der Waals surface area contributed by atoms with Crippen LogP contribution in [0.4, 0.5) is 8.78 Å². The standard InChI is InChI=1S/C14H17F2NO2/c15-12-2-1-3-13(14(12)16)18-7-6-17-8-11-5-4-10(17)9-19-11/h1-3,10-11H,4-9H2. The summed E-state index contributed by atoms with van der Waals surface area (Å²) in [4.78, 5) is 2.31. The molecule has 0 radical (unpaired) electrons. The van der Waals surface area contributed by atoms with Crippen LogP contribution < -0.4 is 4.74 Å². The van der Waals surface area contributed by atoms with Crippen molar-refractivity contribution in [2.75, 3.05) is 26.3 Å². The molecular formula is C14H17F2NO2. The van der Waals surface area contributed by atoms with E-state index in [0.717, 1.165) is 38.6 Å². The van der Waals surface area contributed by atoms with E-state index in [-0.39, 0.29) is 5.75 Å². The normalized spacial score (nSPS) is 26.6. The lowest BCUT2D eigenvalue weighted by Crippen LogP contribution is -2.55. The Morgan fingerprint density at radius 2 is 2.21 bits per heavy atom. The molecule has 2 atom stereocenters. The summed E-state index contributed by atoms with van der Waals surface area (Å²) < 4.78 is 37.3. The van der Waals surface area contributed by atoms with Crippen molar-refractivity contribution in [3.05, 3.63) is 29.8 Å². The Labute approximate surface area is 111 Å². The van der Waals surface area contributed by atoms with E-state index >= 15 is 0 Å². The van der Waals surface area contributed by atoms with Crippen LogP contribution in [-0.4, -0.2) is 43.3 Å². The molecule has 3 aliphatic heterocycles. The van der Waals surface area contributed by atoms with Crippen LogP contribution in [0.5, 0.6) is 5.75 Å². The van der Waals surface area contributed by atoms with Gasteiger partial charge in [-0.1, -0.05) is 6.07 Å². The first-order chi connectivity index (χ1) is 9.24. The highest BCUT2D eigenvalue weighted by Crippen LogP contribution is 2.26. The van der Waals surface area contributed by atoms with Crippen LogP contribution in [0.15, 0.2) is 18.2 Å². The minimum atomic E-state index is -0.911. The fraction of sp³-hybridized carbons (Fsp3) is 0.571. The van der Waals surface area contributed by atoms with E-state index in [4.69, 9.17) is 9.47 Å². The molecule has 0 amide bonds. The van der Waals surface area contributed by atoms with Crippen LogP contribution in [0, 0.1) is 11.6 Å². The maximum Gasteiger partial charge on any atom is 0.200 e. The molecule has 0 saturated carbocycles. The molecule has 2 unspecified atom stereocenters. The van der Waals surface area contributed by atoms with Crippen LogP contribution in [0.2, 0.25) is 0 Å². The van der Waals surface area contributed by atoms with E-state index in [1.54, 1.807) is 0 Å². The average Bonchev–Trinajstić information content (AvgIpc) is 2.45. The molecule has 3 nitrogen and oxygen atoms in total. The zero-order valence-corrected chi connectivity index (χ0v) is 10.6. The van der Waals surface area contributed by atoms with E-state index in [1.165, 1.54) is 12.1 Å². The largest absolute Gasteiger partial charge is 0.489 e. The van der Waals surface area contributed by atoms with E-state index in [0.29, 0.717) is 18.8 Å². The van der Waals surface area contributed by atoms with Gasteiger partial charge in [0.1, 0.15) is 6.61 Å². The maximum atomic E-state index is 13.4. The Morgan fingerprint density at radius 1 is 1.32 bits per heavy atom. The van der Waals surface area contributed by atoms with Gasteiger partial charge in [0, 0.05) is 19.1 Å². The summed E-state index contributed by atoms with van der Waals surface area (Å²) in [5.41, 5.74) is 0. The third-order valence-corrected chi connectivity index (χ3v) is 3.85. The van der Waals surface area contributed by atoms with Gasteiger partial charge in [0.25, 0.3) is 0 Å². The van der Waals surface area contributed by atoms with Crippen molar-refractivity contribution in [3.8, 4) is 5.75 Å². The van der Waals surface area contributed by atoms with Crippen LogP contribution in [0.1, 0.15) is 12.8 Å². The Kier molecular flexibility index (Phi) is 3.66. The number of benzene rings is 1. The SMILES string of the molecule is Fc1cccc(OCCN2CC3CCC2CO3)c1F. The summed E-state index contributed by atoms with van der Waals surface area (Å²) >= 11 is 0. The lowest BCUT2D eigenvalue weighted by atomic mass is 9.97. The summed E-state index contributed by atoms with van der Waals surface area (Å²) in [6.45, 7) is 2.78. The van der Waals surface area contributed by atoms with Crippen molar-refractivity contribution in [2.45, 2.75) is 25.0 Å². The molecule has 0 spiro atoms. The van der Waals surface area contributed by atoms with Gasteiger partial charge in [0.2, 0.25) is 5.82 Å². The fourth-order valence-corrected chi connectivity index (χ4v) is 2.78. The number of ether oxygens (including phenoxy) is 2. The number of nitrogens with zero attached hydrogens (tertiary/aromatic N) is 1. The molecule has 3 fully saturated rings. The van der Waals surface area contributed by atoms with Crippen molar-refractivity contribution < 1.29 is 18.3 Å². The van der Waals surface area contributed by atoms with Gasteiger partial charge in [-0.2, -0.15) is 4.39 Å². The number of hydrogen-bond acceptors (Lipinski definition) is 3. The number of piperidine rings is 1. The van der Waals surface area contributed by atoms with E-state index < -0.39 is 11.6 Å². The molecule has 3 aliphatic rings. The first-order valence-corrected chi connectivity index (χ1v) is 6.66. The second kappa shape index (κ2) is 5.43. The Hall–Kier alpha value is -1.20. The molecule has 3 heterocycles. The van der Waals surface area contributed by atoms with Crippen LogP contribution >= 0.6 is 0 Å². The summed E-state index contributed by atoms with van der Waals surface area (Å²) in [6.07, 6.45) is 2.61. The van der Waals surface area contributed by atoms with Gasteiger partial charge in [0.15, 0.2) is 11.6 Å². The molecule has 0 aromatic heterocycles. The molecule has 19 heavy (non-hydrogen) atoms. The number of halogens is 2. The number of morpholine rings is 1. The first kappa shape index (κ1) is 12.8.